The molecule has 0 saturated heterocycles. The maximum atomic E-state index is 14.3. The number of aromatic nitrogens is 1. The summed E-state index contributed by atoms with van der Waals surface area (Å²) in [5, 5.41) is 2.36. The number of nitrogens with zero attached hydrogens (tertiary/aromatic N) is 2. The van der Waals surface area contributed by atoms with E-state index in [9.17, 15) is 17.6 Å². The molecule has 0 saturated carbocycles. The average Bonchev–Trinajstić information content (AvgIpc) is 3.36. The fraction of sp³-hybridized carbons (Fsp3) is 0.143. The minimum absolute atomic E-state index is 0.0280. The number of fused-ring (bicyclic) bond motifs is 1. The van der Waals surface area contributed by atoms with Gasteiger partial charge in [0.1, 0.15) is 5.82 Å². The van der Waals surface area contributed by atoms with Gasteiger partial charge in [-0.05, 0) is 48.2 Å². The molecular weight excluding hydrogens is 443 g/mol. The lowest BCUT2D eigenvalue weighted by Gasteiger charge is -2.20. The zero-order chi connectivity index (χ0) is 21.3. The van der Waals surface area contributed by atoms with Gasteiger partial charge >= 0.3 is 0 Å². The third kappa shape index (κ3) is 4.28. The zero-order valence-electron chi connectivity index (χ0n) is 15.9. The van der Waals surface area contributed by atoms with Gasteiger partial charge in [-0.1, -0.05) is 29.5 Å². The van der Waals surface area contributed by atoms with Crippen molar-refractivity contribution in [2.75, 3.05) is 17.7 Å². The molecule has 5 nitrogen and oxygen atoms in total. The van der Waals surface area contributed by atoms with Crippen molar-refractivity contribution >= 4 is 53.8 Å². The number of hydrogen-bond acceptors (Lipinski definition) is 6. The number of carbonyl (C=O) groups is 1. The Labute approximate surface area is 181 Å². The minimum Gasteiger partial charge on any atom is -0.284 e. The summed E-state index contributed by atoms with van der Waals surface area (Å²) >= 11 is 2.80. The van der Waals surface area contributed by atoms with E-state index in [1.165, 1.54) is 40.5 Å². The summed E-state index contributed by atoms with van der Waals surface area (Å²) in [5.74, 6) is -1.07. The van der Waals surface area contributed by atoms with Crippen LogP contribution in [0.3, 0.4) is 0 Å². The summed E-state index contributed by atoms with van der Waals surface area (Å²) in [5.41, 5.74) is 0.560. The lowest BCUT2D eigenvalue weighted by Crippen LogP contribution is -2.33. The summed E-state index contributed by atoms with van der Waals surface area (Å²) in [6, 6.07) is 14.4. The van der Waals surface area contributed by atoms with Gasteiger partial charge in [-0.3, -0.25) is 9.69 Å². The Morgan fingerprint density at radius 2 is 1.93 bits per heavy atom. The molecule has 2 aromatic heterocycles. The van der Waals surface area contributed by atoms with E-state index in [0.29, 0.717) is 28.3 Å². The molecule has 0 aliphatic carbocycles. The second-order valence-corrected chi connectivity index (χ2v) is 10.7. The van der Waals surface area contributed by atoms with Crippen molar-refractivity contribution in [3.05, 3.63) is 76.2 Å². The molecule has 4 rings (SSSR count). The first-order valence-corrected chi connectivity index (χ1v) is 12.6. The van der Waals surface area contributed by atoms with E-state index in [1.807, 2.05) is 17.5 Å². The van der Waals surface area contributed by atoms with Crippen molar-refractivity contribution in [1.29, 1.82) is 0 Å². The molecule has 0 spiro atoms. The van der Waals surface area contributed by atoms with Crippen molar-refractivity contribution < 1.29 is 17.6 Å². The smallest absolute Gasteiger partial charge is 0.263 e. The summed E-state index contributed by atoms with van der Waals surface area (Å²) < 4.78 is 38.7. The molecule has 2 heterocycles. The van der Waals surface area contributed by atoms with Gasteiger partial charge in [-0.25, -0.2) is 17.8 Å². The van der Waals surface area contributed by atoms with Crippen molar-refractivity contribution in [3.8, 4) is 0 Å². The topological polar surface area (TPSA) is 67.3 Å². The number of anilines is 1. The van der Waals surface area contributed by atoms with Gasteiger partial charge in [0.15, 0.2) is 15.0 Å². The van der Waals surface area contributed by atoms with Gasteiger partial charge in [0.05, 0.1) is 20.7 Å². The van der Waals surface area contributed by atoms with Crippen LogP contribution in [0.15, 0.2) is 64.9 Å². The van der Waals surface area contributed by atoms with Gasteiger partial charge in [-0.15, -0.1) is 11.3 Å². The fourth-order valence-electron chi connectivity index (χ4n) is 2.98. The van der Waals surface area contributed by atoms with Crippen LogP contribution in [-0.4, -0.2) is 32.1 Å². The van der Waals surface area contributed by atoms with Gasteiger partial charge < -0.3 is 0 Å². The van der Waals surface area contributed by atoms with Gasteiger partial charge in [0.2, 0.25) is 0 Å². The molecule has 1 amide bonds. The number of halogens is 1. The van der Waals surface area contributed by atoms with Crippen LogP contribution in [0.25, 0.3) is 10.2 Å². The van der Waals surface area contributed by atoms with E-state index in [0.717, 1.165) is 11.1 Å². The van der Waals surface area contributed by atoms with Crippen LogP contribution >= 0.6 is 22.7 Å². The lowest BCUT2D eigenvalue weighted by molar-refractivity contribution is 0.0983. The Hall–Kier alpha value is -2.62. The van der Waals surface area contributed by atoms with Crippen molar-refractivity contribution in [2.24, 2.45) is 0 Å². The SMILES string of the molecule is CS(=O)(=O)c1ccc2nc(N(CCc3cccs3)C(=O)c3ccccc3F)sc2c1. The maximum Gasteiger partial charge on any atom is 0.263 e. The van der Waals surface area contributed by atoms with E-state index in [-0.39, 0.29) is 10.5 Å². The van der Waals surface area contributed by atoms with Crippen molar-refractivity contribution in [2.45, 2.75) is 11.3 Å². The number of hydrogen-bond donors (Lipinski definition) is 0. The second kappa shape index (κ2) is 8.25. The van der Waals surface area contributed by atoms with E-state index < -0.39 is 21.6 Å². The third-order valence-corrected chi connectivity index (χ3v) is 7.61. The summed E-state index contributed by atoms with van der Waals surface area (Å²) in [6.07, 6.45) is 1.74. The minimum atomic E-state index is -3.36. The molecule has 154 valence electrons. The quantitative estimate of drug-likeness (QED) is 0.415. The number of rotatable bonds is 6. The standard InChI is InChI=1S/C21H17FN2O3S3/c1-30(26,27)15-8-9-18-19(13-15)29-21(23-18)24(11-10-14-5-4-12-28-14)20(25)16-6-2-3-7-17(16)22/h2-9,12-13H,10-11H2,1H3. The Bertz CT molecular complexity index is 1310. The van der Waals surface area contributed by atoms with Crippen LogP contribution in [0.1, 0.15) is 15.2 Å². The van der Waals surface area contributed by atoms with Crippen molar-refractivity contribution in [3.63, 3.8) is 0 Å². The van der Waals surface area contributed by atoms with Gasteiger partial charge in [-0.2, -0.15) is 0 Å². The number of sulfone groups is 1. The second-order valence-electron chi connectivity index (χ2n) is 6.66. The van der Waals surface area contributed by atoms with E-state index in [4.69, 9.17) is 0 Å². The fourth-order valence-corrected chi connectivity index (χ4v) is 5.43. The Kier molecular flexibility index (Phi) is 5.68. The molecule has 0 aliphatic rings. The van der Waals surface area contributed by atoms with Gasteiger partial charge in [0, 0.05) is 17.7 Å². The Balaban J connectivity index is 1.74. The lowest BCUT2D eigenvalue weighted by atomic mass is 10.2. The van der Waals surface area contributed by atoms with E-state index in [2.05, 4.69) is 4.98 Å². The van der Waals surface area contributed by atoms with Crippen LogP contribution in [0.5, 0.6) is 0 Å². The van der Waals surface area contributed by atoms with Crippen LogP contribution in [0, 0.1) is 5.82 Å². The van der Waals surface area contributed by atoms with Crippen LogP contribution in [0.4, 0.5) is 9.52 Å². The molecule has 0 unspecified atom stereocenters. The molecule has 0 bridgehead atoms. The molecule has 0 fully saturated rings. The number of carbonyl (C=O) groups excluding carboxylic acids is 1. The molecule has 4 aromatic rings. The van der Waals surface area contributed by atoms with E-state index >= 15 is 0 Å². The highest BCUT2D eigenvalue weighted by atomic mass is 32.2. The summed E-state index contributed by atoms with van der Waals surface area (Å²) in [4.78, 5) is 20.5. The molecule has 30 heavy (non-hydrogen) atoms. The molecule has 0 aliphatic heterocycles. The maximum absolute atomic E-state index is 14.3. The summed E-state index contributed by atoms with van der Waals surface area (Å²) in [6.45, 7) is 0.326. The number of thiazole rings is 1. The number of benzene rings is 2. The monoisotopic (exact) mass is 460 g/mol. The molecule has 0 N–H and O–H groups in total. The summed E-state index contributed by atoms with van der Waals surface area (Å²) in [7, 11) is -3.36. The van der Waals surface area contributed by atoms with Crippen LogP contribution in [-0.2, 0) is 16.3 Å². The van der Waals surface area contributed by atoms with Crippen molar-refractivity contribution in [1.82, 2.24) is 4.98 Å². The number of thiophene rings is 1. The molecular formula is C21H17FN2O3S3. The largest absolute Gasteiger partial charge is 0.284 e. The highest BCUT2D eigenvalue weighted by molar-refractivity contribution is 7.90. The Morgan fingerprint density at radius 1 is 1.13 bits per heavy atom. The van der Waals surface area contributed by atoms with Crippen LogP contribution < -0.4 is 4.90 Å². The molecule has 0 atom stereocenters. The highest BCUT2D eigenvalue weighted by Gasteiger charge is 2.24. The average molecular weight is 461 g/mol. The predicted molar refractivity (Wildman–Crippen MR) is 119 cm³/mol. The zero-order valence-corrected chi connectivity index (χ0v) is 18.4. The van der Waals surface area contributed by atoms with Crippen LogP contribution in [0.2, 0.25) is 0 Å². The molecule has 2 aromatic carbocycles. The molecule has 0 radical (unpaired) electrons. The predicted octanol–water partition coefficient (Wildman–Crippen LogP) is 4.79. The highest BCUT2D eigenvalue weighted by Crippen LogP contribution is 2.32. The first-order chi connectivity index (χ1) is 14.3. The first kappa shape index (κ1) is 20.6. The normalized spacial score (nSPS) is 11.7. The Morgan fingerprint density at radius 3 is 2.63 bits per heavy atom. The number of amides is 1. The van der Waals surface area contributed by atoms with Gasteiger partial charge in [0.25, 0.3) is 5.91 Å². The van der Waals surface area contributed by atoms with E-state index in [1.54, 1.807) is 29.5 Å². The first-order valence-electron chi connectivity index (χ1n) is 9.02. The third-order valence-electron chi connectivity index (χ3n) is 4.52. The molecule has 9 heteroatoms.